The van der Waals surface area contributed by atoms with Gasteiger partial charge in [-0.2, -0.15) is 0 Å². The molecule has 0 amide bonds. The maximum atomic E-state index is 13.5. The first-order chi connectivity index (χ1) is 7.60. The number of ether oxygens (including phenoxy) is 1. The van der Waals surface area contributed by atoms with E-state index in [0.29, 0.717) is 18.6 Å². The summed E-state index contributed by atoms with van der Waals surface area (Å²) in [5.41, 5.74) is 6.19. The van der Waals surface area contributed by atoms with E-state index in [0.717, 1.165) is 6.07 Å². The molecule has 0 aliphatic carbocycles. The van der Waals surface area contributed by atoms with E-state index in [1.54, 1.807) is 0 Å². The number of rotatable bonds is 5. The van der Waals surface area contributed by atoms with Gasteiger partial charge in [0.1, 0.15) is 11.6 Å². The third-order valence-electron chi connectivity index (χ3n) is 2.51. The molecule has 1 aromatic carbocycles. The molecule has 2 N–H and O–H groups in total. The van der Waals surface area contributed by atoms with Crippen molar-refractivity contribution in [3.8, 4) is 0 Å². The maximum absolute atomic E-state index is 13.5. The van der Waals surface area contributed by atoms with E-state index in [1.807, 2.05) is 13.8 Å². The standard InChI is InChI=1S/C12H17F2NO/c1-3-11(16-4-2)12(15)9-6-5-8(13)7-10(9)14/h5-7,11-12H,3-4,15H2,1-2H3. The van der Waals surface area contributed by atoms with Crippen LogP contribution in [0, 0.1) is 11.6 Å². The number of hydrogen-bond acceptors (Lipinski definition) is 2. The molecule has 0 bridgehead atoms. The minimum absolute atomic E-state index is 0.245. The Kier molecular flexibility index (Phi) is 4.83. The predicted molar refractivity (Wildman–Crippen MR) is 59.0 cm³/mol. The van der Waals surface area contributed by atoms with E-state index in [1.165, 1.54) is 12.1 Å². The molecule has 2 nitrogen and oxygen atoms in total. The smallest absolute Gasteiger partial charge is 0.130 e. The van der Waals surface area contributed by atoms with Crippen molar-refractivity contribution in [2.75, 3.05) is 6.61 Å². The van der Waals surface area contributed by atoms with Crippen LogP contribution >= 0.6 is 0 Å². The molecule has 0 spiro atoms. The molecule has 0 aromatic heterocycles. The average molecular weight is 229 g/mol. The van der Waals surface area contributed by atoms with Crippen LogP contribution in [0.3, 0.4) is 0 Å². The Morgan fingerprint density at radius 3 is 2.50 bits per heavy atom. The van der Waals surface area contributed by atoms with E-state index in [9.17, 15) is 8.78 Å². The van der Waals surface area contributed by atoms with E-state index >= 15 is 0 Å². The van der Waals surface area contributed by atoms with Crippen molar-refractivity contribution in [2.24, 2.45) is 5.73 Å². The lowest BCUT2D eigenvalue weighted by molar-refractivity contribution is 0.0405. The van der Waals surface area contributed by atoms with Crippen LogP contribution in [0.1, 0.15) is 31.9 Å². The summed E-state index contributed by atoms with van der Waals surface area (Å²) in [7, 11) is 0. The van der Waals surface area contributed by atoms with Crippen molar-refractivity contribution < 1.29 is 13.5 Å². The largest absolute Gasteiger partial charge is 0.377 e. The van der Waals surface area contributed by atoms with Gasteiger partial charge in [-0.15, -0.1) is 0 Å². The van der Waals surface area contributed by atoms with Gasteiger partial charge >= 0.3 is 0 Å². The van der Waals surface area contributed by atoms with Crippen LogP contribution in [0.25, 0.3) is 0 Å². The highest BCUT2D eigenvalue weighted by molar-refractivity contribution is 5.22. The van der Waals surface area contributed by atoms with Gasteiger partial charge < -0.3 is 10.5 Å². The first-order valence-electron chi connectivity index (χ1n) is 5.42. The van der Waals surface area contributed by atoms with Crippen molar-refractivity contribution in [3.63, 3.8) is 0 Å². The molecule has 0 saturated carbocycles. The van der Waals surface area contributed by atoms with Crippen molar-refractivity contribution in [3.05, 3.63) is 35.4 Å². The van der Waals surface area contributed by atoms with Crippen molar-refractivity contribution in [1.82, 2.24) is 0 Å². The number of hydrogen-bond donors (Lipinski definition) is 1. The highest BCUT2D eigenvalue weighted by Gasteiger charge is 2.21. The monoisotopic (exact) mass is 229 g/mol. The molecule has 0 fully saturated rings. The van der Waals surface area contributed by atoms with Gasteiger partial charge in [-0.3, -0.25) is 0 Å². The summed E-state index contributed by atoms with van der Waals surface area (Å²) >= 11 is 0. The van der Waals surface area contributed by atoms with E-state index in [2.05, 4.69) is 0 Å². The highest BCUT2D eigenvalue weighted by atomic mass is 19.1. The van der Waals surface area contributed by atoms with E-state index < -0.39 is 17.7 Å². The summed E-state index contributed by atoms with van der Waals surface area (Å²) in [6.45, 7) is 4.30. The summed E-state index contributed by atoms with van der Waals surface area (Å²) in [6, 6.07) is 2.85. The van der Waals surface area contributed by atoms with Gasteiger partial charge in [0.05, 0.1) is 12.1 Å². The molecule has 0 radical (unpaired) electrons. The predicted octanol–water partition coefficient (Wildman–Crippen LogP) is 2.78. The number of benzene rings is 1. The number of nitrogens with two attached hydrogens (primary N) is 1. The van der Waals surface area contributed by atoms with E-state index in [-0.39, 0.29) is 6.10 Å². The molecule has 4 heteroatoms. The third kappa shape index (κ3) is 3.00. The second-order valence-corrected chi connectivity index (χ2v) is 3.59. The molecular formula is C12H17F2NO. The number of halogens is 2. The zero-order valence-corrected chi connectivity index (χ0v) is 9.54. The summed E-state index contributed by atoms with van der Waals surface area (Å²) in [5, 5.41) is 0. The molecule has 0 aliphatic heterocycles. The molecule has 0 saturated heterocycles. The van der Waals surface area contributed by atoms with Gasteiger partial charge in [0.2, 0.25) is 0 Å². The van der Waals surface area contributed by atoms with Crippen LogP contribution in [-0.2, 0) is 4.74 Å². The Morgan fingerprint density at radius 1 is 1.31 bits per heavy atom. The summed E-state index contributed by atoms with van der Waals surface area (Å²) < 4.78 is 31.6. The fourth-order valence-corrected chi connectivity index (χ4v) is 1.66. The van der Waals surface area contributed by atoms with Gasteiger partial charge in [-0.1, -0.05) is 13.0 Å². The van der Waals surface area contributed by atoms with Gasteiger partial charge in [0, 0.05) is 18.2 Å². The van der Waals surface area contributed by atoms with Crippen LogP contribution < -0.4 is 5.73 Å². The molecule has 0 aliphatic rings. The highest BCUT2D eigenvalue weighted by Crippen LogP contribution is 2.22. The molecule has 0 heterocycles. The maximum Gasteiger partial charge on any atom is 0.130 e. The fourth-order valence-electron chi connectivity index (χ4n) is 1.66. The quantitative estimate of drug-likeness (QED) is 0.842. The molecular weight excluding hydrogens is 212 g/mol. The van der Waals surface area contributed by atoms with Gasteiger partial charge in [-0.05, 0) is 19.4 Å². The average Bonchev–Trinajstić information content (AvgIpc) is 2.25. The second-order valence-electron chi connectivity index (χ2n) is 3.59. The SMILES string of the molecule is CCOC(CC)C(N)c1ccc(F)cc1F. The lowest BCUT2D eigenvalue weighted by Gasteiger charge is -2.23. The summed E-state index contributed by atoms with van der Waals surface area (Å²) in [6.07, 6.45) is 0.441. The van der Waals surface area contributed by atoms with Crippen LogP contribution in [0.5, 0.6) is 0 Å². The normalized spacial score (nSPS) is 14.8. The molecule has 2 unspecified atom stereocenters. The first-order valence-corrected chi connectivity index (χ1v) is 5.42. The summed E-state index contributed by atoms with van der Waals surface area (Å²) in [5.74, 6) is -1.22. The topological polar surface area (TPSA) is 35.2 Å². The zero-order valence-electron chi connectivity index (χ0n) is 9.54. The second kappa shape index (κ2) is 5.92. The van der Waals surface area contributed by atoms with Crippen LogP contribution in [0.4, 0.5) is 8.78 Å². The lowest BCUT2D eigenvalue weighted by Crippen LogP contribution is -2.29. The van der Waals surface area contributed by atoms with Crippen LogP contribution in [0.15, 0.2) is 18.2 Å². The fraction of sp³-hybridized carbons (Fsp3) is 0.500. The minimum Gasteiger partial charge on any atom is -0.377 e. The van der Waals surface area contributed by atoms with Gasteiger partial charge in [0.15, 0.2) is 0 Å². The molecule has 90 valence electrons. The van der Waals surface area contributed by atoms with Gasteiger partial charge in [0.25, 0.3) is 0 Å². The Bertz CT molecular complexity index is 344. The molecule has 1 rings (SSSR count). The Hall–Kier alpha value is -1.00. The Balaban J connectivity index is 2.89. The van der Waals surface area contributed by atoms with Crippen molar-refractivity contribution >= 4 is 0 Å². The zero-order chi connectivity index (χ0) is 12.1. The van der Waals surface area contributed by atoms with Gasteiger partial charge in [-0.25, -0.2) is 8.78 Å². The molecule has 2 atom stereocenters. The Morgan fingerprint density at radius 2 is 2.00 bits per heavy atom. The van der Waals surface area contributed by atoms with Crippen molar-refractivity contribution in [2.45, 2.75) is 32.4 Å². The van der Waals surface area contributed by atoms with Crippen molar-refractivity contribution in [1.29, 1.82) is 0 Å². The molecule has 16 heavy (non-hydrogen) atoms. The third-order valence-corrected chi connectivity index (χ3v) is 2.51. The Labute approximate surface area is 94.4 Å². The summed E-state index contributed by atoms with van der Waals surface area (Å²) in [4.78, 5) is 0. The van der Waals surface area contributed by atoms with E-state index in [4.69, 9.17) is 10.5 Å². The van der Waals surface area contributed by atoms with Crippen LogP contribution in [0.2, 0.25) is 0 Å². The lowest BCUT2D eigenvalue weighted by atomic mass is 10.00. The molecule has 1 aromatic rings. The van der Waals surface area contributed by atoms with Crippen LogP contribution in [-0.4, -0.2) is 12.7 Å². The minimum atomic E-state index is -0.620. The first kappa shape index (κ1) is 13.1.